The second-order valence-corrected chi connectivity index (χ2v) is 4.60. The summed E-state index contributed by atoms with van der Waals surface area (Å²) in [4.78, 5) is 4.52. The lowest BCUT2D eigenvalue weighted by Gasteiger charge is -2.11. The van der Waals surface area contributed by atoms with E-state index in [2.05, 4.69) is 16.4 Å². The number of nitriles is 1. The largest absolute Gasteiger partial charge is 0.369 e. The van der Waals surface area contributed by atoms with E-state index in [4.69, 9.17) is 5.26 Å². The number of pyridine rings is 1. The van der Waals surface area contributed by atoms with Crippen LogP contribution < -0.4 is 5.32 Å². The molecule has 3 nitrogen and oxygen atoms in total. The van der Waals surface area contributed by atoms with Crippen molar-refractivity contribution in [1.29, 1.82) is 5.26 Å². The molecule has 0 aliphatic rings. The van der Waals surface area contributed by atoms with E-state index in [0.29, 0.717) is 11.4 Å². The Hall–Kier alpha value is -2.41. The third kappa shape index (κ3) is 2.94. The first-order valence-corrected chi connectivity index (χ1v) is 6.57. The van der Waals surface area contributed by atoms with Crippen molar-refractivity contribution in [3.8, 4) is 17.3 Å². The Morgan fingerprint density at radius 1 is 1.30 bits per heavy atom. The summed E-state index contributed by atoms with van der Waals surface area (Å²) in [6, 6.07) is 10.2. The molecule has 2 aromatic rings. The summed E-state index contributed by atoms with van der Waals surface area (Å²) in [5.41, 5.74) is 3.03. The summed E-state index contributed by atoms with van der Waals surface area (Å²) >= 11 is 0. The minimum Gasteiger partial charge on any atom is -0.369 e. The summed E-state index contributed by atoms with van der Waals surface area (Å²) in [6.45, 7) is 4.71. The van der Waals surface area contributed by atoms with E-state index in [1.165, 1.54) is 12.1 Å². The van der Waals surface area contributed by atoms with Crippen LogP contribution in [0.2, 0.25) is 0 Å². The molecule has 0 fully saturated rings. The normalized spacial score (nSPS) is 10.1. The average molecular weight is 269 g/mol. The van der Waals surface area contributed by atoms with E-state index in [-0.39, 0.29) is 5.82 Å². The van der Waals surface area contributed by atoms with Crippen LogP contribution in [-0.2, 0) is 0 Å². The highest BCUT2D eigenvalue weighted by molar-refractivity contribution is 5.68. The summed E-state index contributed by atoms with van der Waals surface area (Å²) < 4.78 is 13.0. The van der Waals surface area contributed by atoms with Crippen molar-refractivity contribution in [3.63, 3.8) is 0 Å². The van der Waals surface area contributed by atoms with E-state index >= 15 is 0 Å². The van der Waals surface area contributed by atoms with Gasteiger partial charge in [-0.15, -0.1) is 0 Å². The molecule has 0 spiro atoms. The number of benzene rings is 1. The van der Waals surface area contributed by atoms with E-state index in [1.807, 2.05) is 19.9 Å². The molecule has 1 aromatic carbocycles. The molecule has 0 amide bonds. The van der Waals surface area contributed by atoms with Crippen molar-refractivity contribution in [1.82, 2.24) is 4.98 Å². The highest BCUT2D eigenvalue weighted by Crippen LogP contribution is 2.25. The molecule has 1 N–H and O–H groups in total. The molecule has 4 heteroatoms. The second-order valence-electron chi connectivity index (χ2n) is 4.60. The van der Waals surface area contributed by atoms with Crippen LogP contribution in [0.1, 0.15) is 24.5 Å². The van der Waals surface area contributed by atoms with Crippen molar-refractivity contribution >= 4 is 5.82 Å². The predicted octanol–water partition coefficient (Wildman–Crippen LogP) is 3.89. The number of hydrogen-bond donors (Lipinski definition) is 1. The molecule has 0 unspecified atom stereocenters. The smallest absolute Gasteiger partial charge is 0.144 e. The average Bonchev–Trinajstić information content (AvgIpc) is 2.46. The standard InChI is InChI=1S/C16H16FN3/c1-3-8-19-16-13(10-18)9-11(2)15(20-16)12-4-6-14(17)7-5-12/h4-7,9H,3,8H2,1-2H3,(H,19,20). The molecule has 0 aliphatic heterocycles. The van der Waals surface area contributed by atoms with Crippen LogP contribution in [0.25, 0.3) is 11.3 Å². The molecule has 20 heavy (non-hydrogen) atoms. The number of anilines is 1. The maximum atomic E-state index is 13.0. The molecule has 0 aliphatic carbocycles. The quantitative estimate of drug-likeness (QED) is 0.916. The van der Waals surface area contributed by atoms with Crippen LogP contribution in [0, 0.1) is 24.1 Å². The van der Waals surface area contributed by atoms with Crippen LogP contribution in [-0.4, -0.2) is 11.5 Å². The van der Waals surface area contributed by atoms with Gasteiger partial charge in [0.1, 0.15) is 17.7 Å². The first-order valence-electron chi connectivity index (χ1n) is 6.57. The zero-order valence-corrected chi connectivity index (χ0v) is 11.6. The van der Waals surface area contributed by atoms with Gasteiger partial charge in [-0.2, -0.15) is 5.26 Å². The number of aromatic nitrogens is 1. The third-order valence-corrected chi connectivity index (χ3v) is 2.99. The Morgan fingerprint density at radius 2 is 2.00 bits per heavy atom. The summed E-state index contributed by atoms with van der Waals surface area (Å²) in [5, 5.41) is 12.3. The van der Waals surface area contributed by atoms with Gasteiger partial charge >= 0.3 is 0 Å². The zero-order chi connectivity index (χ0) is 14.5. The fraction of sp³-hybridized carbons (Fsp3) is 0.250. The Labute approximate surface area is 118 Å². The van der Waals surface area contributed by atoms with Crippen molar-refractivity contribution in [3.05, 3.63) is 47.3 Å². The SMILES string of the molecule is CCCNc1nc(-c2ccc(F)cc2)c(C)cc1C#N. The predicted molar refractivity (Wildman–Crippen MR) is 77.9 cm³/mol. The Balaban J connectivity index is 2.48. The monoisotopic (exact) mass is 269 g/mol. The van der Waals surface area contributed by atoms with Gasteiger partial charge in [-0.05, 0) is 49.2 Å². The topological polar surface area (TPSA) is 48.7 Å². The van der Waals surface area contributed by atoms with Crippen LogP contribution in [0.3, 0.4) is 0 Å². The fourth-order valence-corrected chi connectivity index (χ4v) is 1.98. The molecular weight excluding hydrogens is 253 g/mol. The highest BCUT2D eigenvalue weighted by atomic mass is 19.1. The van der Waals surface area contributed by atoms with Crippen molar-refractivity contribution < 1.29 is 4.39 Å². The van der Waals surface area contributed by atoms with Gasteiger partial charge in [-0.3, -0.25) is 0 Å². The molecule has 1 aromatic heterocycles. The fourth-order valence-electron chi connectivity index (χ4n) is 1.98. The molecule has 102 valence electrons. The van der Waals surface area contributed by atoms with Crippen LogP contribution >= 0.6 is 0 Å². The van der Waals surface area contributed by atoms with E-state index < -0.39 is 0 Å². The van der Waals surface area contributed by atoms with Gasteiger partial charge in [0, 0.05) is 12.1 Å². The maximum Gasteiger partial charge on any atom is 0.144 e. The Morgan fingerprint density at radius 3 is 2.60 bits per heavy atom. The van der Waals surface area contributed by atoms with Crippen LogP contribution in [0.4, 0.5) is 10.2 Å². The van der Waals surface area contributed by atoms with Crippen LogP contribution in [0.15, 0.2) is 30.3 Å². The van der Waals surface area contributed by atoms with Crippen LogP contribution in [0.5, 0.6) is 0 Å². The number of rotatable bonds is 4. The lowest BCUT2D eigenvalue weighted by atomic mass is 10.0. The minimum absolute atomic E-state index is 0.274. The van der Waals surface area contributed by atoms with Gasteiger partial charge in [0.25, 0.3) is 0 Å². The molecule has 0 radical (unpaired) electrons. The summed E-state index contributed by atoms with van der Waals surface area (Å²) in [5.74, 6) is 0.309. The third-order valence-electron chi connectivity index (χ3n) is 2.99. The minimum atomic E-state index is -0.274. The summed E-state index contributed by atoms with van der Waals surface area (Å²) in [6.07, 6.45) is 0.951. The van der Waals surface area contributed by atoms with E-state index in [1.54, 1.807) is 12.1 Å². The number of nitrogens with one attached hydrogen (secondary N) is 1. The number of halogens is 1. The molecular formula is C16H16FN3. The lowest BCUT2D eigenvalue weighted by Crippen LogP contribution is -2.06. The van der Waals surface area contributed by atoms with Crippen molar-refractivity contribution in [2.24, 2.45) is 0 Å². The highest BCUT2D eigenvalue weighted by Gasteiger charge is 2.10. The molecule has 0 bridgehead atoms. The van der Waals surface area contributed by atoms with E-state index in [0.717, 1.165) is 29.8 Å². The molecule has 0 saturated carbocycles. The number of aryl methyl sites for hydroxylation is 1. The Kier molecular flexibility index (Phi) is 4.31. The molecule has 0 atom stereocenters. The van der Waals surface area contributed by atoms with Gasteiger partial charge in [0.15, 0.2) is 0 Å². The van der Waals surface area contributed by atoms with Gasteiger partial charge in [0.2, 0.25) is 0 Å². The number of nitrogens with zero attached hydrogens (tertiary/aromatic N) is 2. The molecule has 1 heterocycles. The maximum absolute atomic E-state index is 13.0. The van der Waals surface area contributed by atoms with E-state index in [9.17, 15) is 4.39 Å². The van der Waals surface area contributed by atoms with Gasteiger partial charge < -0.3 is 5.32 Å². The number of hydrogen-bond acceptors (Lipinski definition) is 3. The summed E-state index contributed by atoms with van der Waals surface area (Å²) in [7, 11) is 0. The first-order chi connectivity index (χ1) is 9.65. The van der Waals surface area contributed by atoms with Crippen molar-refractivity contribution in [2.75, 3.05) is 11.9 Å². The van der Waals surface area contributed by atoms with Crippen molar-refractivity contribution in [2.45, 2.75) is 20.3 Å². The Bertz CT molecular complexity index is 642. The zero-order valence-electron chi connectivity index (χ0n) is 11.6. The molecule has 2 rings (SSSR count). The lowest BCUT2D eigenvalue weighted by molar-refractivity contribution is 0.628. The van der Waals surface area contributed by atoms with Gasteiger partial charge in [-0.1, -0.05) is 6.92 Å². The van der Waals surface area contributed by atoms with Gasteiger partial charge in [0.05, 0.1) is 11.3 Å². The first kappa shape index (κ1) is 14.0. The second kappa shape index (κ2) is 6.16. The van der Waals surface area contributed by atoms with Gasteiger partial charge in [-0.25, -0.2) is 9.37 Å². The molecule has 0 saturated heterocycles.